The van der Waals surface area contributed by atoms with Crippen molar-refractivity contribution in [2.75, 3.05) is 26.2 Å². The van der Waals surface area contributed by atoms with Gasteiger partial charge in [0.25, 0.3) is 0 Å². The molecule has 114 valence electrons. The van der Waals surface area contributed by atoms with Gasteiger partial charge >= 0.3 is 0 Å². The molecule has 3 N–H and O–H groups in total. The Kier molecular flexibility index (Phi) is 9.40. The number of hydrogen-bond acceptors (Lipinski definition) is 3. The second kappa shape index (κ2) is 9.56. The standard InChI is InChI=1S/C14H29N3O.ClH/c1-4-12(3)13(15)14(18)16-9-11(2)10-17-7-5-6-8-17;/h11-13H,4-10,15H2,1-3H3,(H,16,18);1H. The van der Waals surface area contributed by atoms with Gasteiger partial charge in [-0.05, 0) is 37.8 Å². The molecule has 3 unspecified atom stereocenters. The van der Waals surface area contributed by atoms with Gasteiger partial charge in [0.05, 0.1) is 6.04 Å². The zero-order chi connectivity index (χ0) is 13.5. The van der Waals surface area contributed by atoms with Gasteiger partial charge in [0.2, 0.25) is 5.91 Å². The number of rotatable bonds is 7. The van der Waals surface area contributed by atoms with Gasteiger partial charge in [-0.1, -0.05) is 27.2 Å². The maximum absolute atomic E-state index is 11.8. The molecule has 1 aliphatic rings. The number of hydrogen-bond donors (Lipinski definition) is 2. The minimum atomic E-state index is -0.367. The van der Waals surface area contributed by atoms with Crippen LogP contribution in [0.2, 0.25) is 0 Å². The van der Waals surface area contributed by atoms with Crippen molar-refractivity contribution in [1.29, 1.82) is 0 Å². The van der Waals surface area contributed by atoms with E-state index in [9.17, 15) is 4.79 Å². The third kappa shape index (κ3) is 6.59. The number of nitrogens with two attached hydrogens (primary N) is 1. The third-order valence-corrected chi connectivity index (χ3v) is 3.95. The molecule has 1 rings (SSSR count). The van der Waals surface area contributed by atoms with E-state index in [4.69, 9.17) is 5.73 Å². The summed E-state index contributed by atoms with van der Waals surface area (Å²) in [6.07, 6.45) is 3.58. The summed E-state index contributed by atoms with van der Waals surface area (Å²) in [5.74, 6) is 0.743. The van der Waals surface area contributed by atoms with Crippen molar-refractivity contribution in [3.63, 3.8) is 0 Å². The predicted octanol–water partition coefficient (Wildman–Crippen LogP) is 1.63. The highest BCUT2D eigenvalue weighted by atomic mass is 35.5. The molecule has 0 aromatic rings. The van der Waals surface area contributed by atoms with Crippen LogP contribution < -0.4 is 11.1 Å². The number of carbonyl (C=O) groups is 1. The maximum Gasteiger partial charge on any atom is 0.237 e. The van der Waals surface area contributed by atoms with Crippen molar-refractivity contribution in [2.24, 2.45) is 17.6 Å². The summed E-state index contributed by atoms with van der Waals surface area (Å²) in [5, 5.41) is 2.98. The Hall–Kier alpha value is -0.320. The van der Waals surface area contributed by atoms with Gasteiger partial charge in [-0.15, -0.1) is 12.4 Å². The predicted molar refractivity (Wildman–Crippen MR) is 82.5 cm³/mol. The van der Waals surface area contributed by atoms with Crippen molar-refractivity contribution >= 4 is 18.3 Å². The molecule has 0 radical (unpaired) electrons. The molecule has 1 heterocycles. The average molecular weight is 292 g/mol. The quantitative estimate of drug-likeness (QED) is 0.749. The summed E-state index contributed by atoms with van der Waals surface area (Å²) < 4.78 is 0. The number of amides is 1. The van der Waals surface area contributed by atoms with Crippen LogP contribution in [0, 0.1) is 11.8 Å². The molecule has 0 saturated carbocycles. The fourth-order valence-electron chi connectivity index (χ4n) is 2.38. The third-order valence-electron chi connectivity index (χ3n) is 3.95. The van der Waals surface area contributed by atoms with Crippen LogP contribution in [0.15, 0.2) is 0 Å². The molecule has 1 saturated heterocycles. The van der Waals surface area contributed by atoms with Gasteiger partial charge < -0.3 is 16.0 Å². The van der Waals surface area contributed by atoms with E-state index in [2.05, 4.69) is 24.1 Å². The normalized spacial score (nSPS) is 20.4. The summed E-state index contributed by atoms with van der Waals surface area (Å²) in [5.41, 5.74) is 5.90. The van der Waals surface area contributed by atoms with E-state index in [0.29, 0.717) is 5.92 Å². The van der Waals surface area contributed by atoms with Crippen molar-refractivity contribution in [3.8, 4) is 0 Å². The molecule has 1 aliphatic heterocycles. The molecule has 3 atom stereocenters. The van der Waals surface area contributed by atoms with Crippen molar-refractivity contribution in [3.05, 3.63) is 0 Å². The number of nitrogens with zero attached hydrogens (tertiary/aromatic N) is 1. The zero-order valence-electron chi connectivity index (χ0n) is 12.5. The van der Waals surface area contributed by atoms with Crippen LogP contribution in [0.5, 0.6) is 0 Å². The molecule has 19 heavy (non-hydrogen) atoms. The largest absolute Gasteiger partial charge is 0.354 e. The van der Waals surface area contributed by atoms with Crippen molar-refractivity contribution < 1.29 is 4.79 Å². The van der Waals surface area contributed by atoms with E-state index in [1.807, 2.05) is 6.92 Å². The van der Waals surface area contributed by atoms with Crippen LogP contribution in [0.1, 0.15) is 40.0 Å². The average Bonchev–Trinajstić information content (AvgIpc) is 2.86. The molecule has 0 aromatic heterocycles. The molecule has 0 spiro atoms. The lowest BCUT2D eigenvalue weighted by Gasteiger charge is -2.22. The molecule has 0 aliphatic carbocycles. The molecule has 0 bridgehead atoms. The Balaban J connectivity index is 0.00000324. The van der Waals surface area contributed by atoms with E-state index in [1.54, 1.807) is 0 Å². The first-order chi connectivity index (χ1) is 8.54. The molecule has 0 aromatic carbocycles. The van der Waals surface area contributed by atoms with E-state index >= 15 is 0 Å². The fourth-order valence-corrected chi connectivity index (χ4v) is 2.38. The second-order valence-corrected chi connectivity index (χ2v) is 5.77. The minimum Gasteiger partial charge on any atom is -0.354 e. The first kappa shape index (κ1) is 18.7. The van der Waals surface area contributed by atoms with Crippen LogP contribution >= 0.6 is 12.4 Å². The smallest absolute Gasteiger partial charge is 0.237 e. The van der Waals surface area contributed by atoms with Gasteiger partial charge in [0.15, 0.2) is 0 Å². The minimum absolute atomic E-state index is 0. The van der Waals surface area contributed by atoms with Gasteiger partial charge in [-0.3, -0.25) is 4.79 Å². The first-order valence-electron chi connectivity index (χ1n) is 7.30. The van der Waals surface area contributed by atoms with E-state index < -0.39 is 0 Å². The Bertz CT molecular complexity index is 257. The van der Waals surface area contributed by atoms with E-state index in [1.165, 1.54) is 25.9 Å². The SMILES string of the molecule is CCC(C)C(N)C(=O)NCC(C)CN1CCCC1.Cl. The summed E-state index contributed by atoms with van der Waals surface area (Å²) in [6, 6.07) is -0.367. The van der Waals surface area contributed by atoms with Crippen LogP contribution in [-0.2, 0) is 4.79 Å². The summed E-state index contributed by atoms with van der Waals surface area (Å²) in [4.78, 5) is 14.3. The summed E-state index contributed by atoms with van der Waals surface area (Å²) in [7, 11) is 0. The highest BCUT2D eigenvalue weighted by molar-refractivity contribution is 5.85. The van der Waals surface area contributed by atoms with Gasteiger partial charge in [0, 0.05) is 13.1 Å². The van der Waals surface area contributed by atoms with Crippen LogP contribution in [-0.4, -0.2) is 43.0 Å². The highest BCUT2D eigenvalue weighted by Crippen LogP contribution is 2.10. The molecule has 5 heteroatoms. The lowest BCUT2D eigenvalue weighted by atomic mass is 9.99. The molecule has 1 amide bonds. The Morgan fingerprint density at radius 2 is 1.89 bits per heavy atom. The summed E-state index contributed by atoms with van der Waals surface area (Å²) >= 11 is 0. The maximum atomic E-state index is 11.8. The van der Waals surface area contributed by atoms with Crippen molar-refractivity contribution in [2.45, 2.75) is 46.1 Å². The first-order valence-corrected chi connectivity index (χ1v) is 7.30. The van der Waals surface area contributed by atoms with Gasteiger partial charge in [-0.25, -0.2) is 0 Å². The Morgan fingerprint density at radius 1 is 1.32 bits per heavy atom. The molecular formula is C14H30ClN3O. The van der Waals surface area contributed by atoms with Gasteiger partial charge in [0.1, 0.15) is 0 Å². The second-order valence-electron chi connectivity index (χ2n) is 5.77. The zero-order valence-corrected chi connectivity index (χ0v) is 13.3. The van der Waals surface area contributed by atoms with Crippen molar-refractivity contribution in [1.82, 2.24) is 10.2 Å². The summed E-state index contributed by atoms with van der Waals surface area (Å²) in [6.45, 7) is 10.5. The van der Waals surface area contributed by atoms with E-state index in [-0.39, 0.29) is 30.3 Å². The van der Waals surface area contributed by atoms with E-state index in [0.717, 1.165) is 19.5 Å². The van der Waals surface area contributed by atoms with Crippen LogP contribution in [0.25, 0.3) is 0 Å². The lowest BCUT2D eigenvalue weighted by molar-refractivity contribution is -0.123. The molecule has 1 fully saturated rings. The number of halogens is 1. The lowest BCUT2D eigenvalue weighted by Crippen LogP contribution is -2.46. The fraction of sp³-hybridized carbons (Fsp3) is 0.929. The Morgan fingerprint density at radius 3 is 2.42 bits per heavy atom. The Labute approximate surface area is 123 Å². The number of carbonyl (C=O) groups excluding carboxylic acids is 1. The monoisotopic (exact) mass is 291 g/mol. The molecular weight excluding hydrogens is 262 g/mol. The highest BCUT2D eigenvalue weighted by Gasteiger charge is 2.20. The number of likely N-dealkylation sites (tertiary alicyclic amines) is 1. The molecule has 4 nitrogen and oxygen atoms in total. The van der Waals surface area contributed by atoms with Crippen LogP contribution in [0.4, 0.5) is 0 Å². The van der Waals surface area contributed by atoms with Gasteiger partial charge in [-0.2, -0.15) is 0 Å². The topological polar surface area (TPSA) is 58.4 Å². The van der Waals surface area contributed by atoms with Crippen LogP contribution in [0.3, 0.4) is 0 Å². The number of nitrogens with one attached hydrogen (secondary N) is 1.